The molecule has 1 saturated heterocycles. The van der Waals surface area contributed by atoms with Crippen molar-refractivity contribution in [2.45, 2.75) is 19.8 Å². The fraction of sp³-hybridized carbons (Fsp3) is 0.438. The van der Waals surface area contributed by atoms with Crippen molar-refractivity contribution in [2.24, 2.45) is 5.41 Å². The Bertz CT molecular complexity index is 553. The van der Waals surface area contributed by atoms with Gasteiger partial charge in [-0.3, -0.25) is 4.98 Å². The molecule has 0 bridgehead atoms. The topological polar surface area (TPSA) is 37.0 Å². The average Bonchev–Trinajstić information content (AvgIpc) is 2.46. The van der Waals surface area contributed by atoms with Crippen molar-refractivity contribution < 1.29 is 0 Å². The molecule has 1 aromatic heterocycles. The lowest BCUT2D eigenvalue weighted by Gasteiger charge is -2.34. The second-order valence-electron chi connectivity index (χ2n) is 5.79. The first-order valence-corrected chi connectivity index (χ1v) is 7.05. The van der Waals surface area contributed by atoms with Gasteiger partial charge in [0.15, 0.2) is 0 Å². The number of para-hydroxylation sites is 1. The van der Waals surface area contributed by atoms with Crippen LogP contribution in [0.2, 0.25) is 0 Å². The second-order valence-corrected chi connectivity index (χ2v) is 5.79. The third kappa shape index (κ3) is 2.71. The molecule has 1 aromatic carbocycles. The highest BCUT2D eigenvalue weighted by Gasteiger charge is 2.26. The Kier molecular flexibility index (Phi) is 3.38. The summed E-state index contributed by atoms with van der Waals surface area (Å²) < 4.78 is 0. The first-order valence-electron chi connectivity index (χ1n) is 7.05. The molecule has 0 atom stereocenters. The lowest BCUT2D eigenvalue weighted by Crippen LogP contribution is -2.39. The zero-order valence-corrected chi connectivity index (χ0v) is 11.4. The minimum atomic E-state index is 0.398. The van der Waals surface area contributed by atoms with E-state index in [1.165, 1.54) is 23.9 Å². The number of fused-ring (bicyclic) bond motifs is 1. The van der Waals surface area contributed by atoms with E-state index >= 15 is 0 Å². The largest absolute Gasteiger partial charge is 0.384 e. The molecule has 0 aliphatic carbocycles. The number of hydrogen-bond donors (Lipinski definition) is 2. The summed E-state index contributed by atoms with van der Waals surface area (Å²) in [4.78, 5) is 4.40. The molecule has 100 valence electrons. The maximum absolute atomic E-state index is 4.40. The molecule has 3 nitrogen and oxygen atoms in total. The number of aromatic nitrogens is 1. The molecular formula is C16H21N3. The smallest absolute Gasteiger partial charge is 0.0722 e. The van der Waals surface area contributed by atoms with Crippen LogP contribution in [0, 0.1) is 5.41 Å². The van der Waals surface area contributed by atoms with Crippen LogP contribution in [0.3, 0.4) is 0 Å². The number of nitrogens with zero attached hydrogens (tertiary/aromatic N) is 1. The zero-order valence-electron chi connectivity index (χ0n) is 11.4. The first-order chi connectivity index (χ1) is 9.27. The fourth-order valence-corrected chi connectivity index (χ4v) is 2.77. The zero-order chi connectivity index (χ0) is 13.1. The van der Waals surface area contributed by atoms with Crippen LogP contribution in [0.25, 0.3) is 10.9 Å². The third-order valence-electron chi connectivity index (χ3n) is 4.17. The summed E-state index contributed by atoms with van der Waals surface area (Å²) in [7, 11) is 0. The lowest BCUT2D eigenvalue weighted by molar-refractivity contribution is 0.247. The average molecular weight is 255 g/mol. The quantitative estimate of drug-likeness (QED) is 0.885. The molecule has 0 amide bonds. The van der Waals surface area contributed by atoms with Crippen molar-refractivity contribution in [2.75, 3.05) is 25.0 Å². The van der Waals surface area contributed by atoms with Crippen molar-refractivity contribution in [1.29, 1.82) is 0 Å². The van der Waals surface area contributed by atoms with E-state index in [-0.39, 0.29) is 0 Å². The van der Waals surface area contributed by atoms with E-state index in [2.05, 4.69) is 46.8 Å². The number of benzene rings is 1. The van der Waals surface area contributed by atoms with Crippen LogP contribution in [0.5, 0.6) is 0 Å². The van der Waals surface area contributed by atoms with Crippen molar-refractivity contribution in [3.05, 3.63) is 36.5 Å². The summed E-state index contributed by atoms with van der Waals surface area (Å²) in [5.74, 6) is 0. The van der Waals surface area contributed by atoms with Gasteiger partial charge in [0.1, 0.15) is 0 Å². The van der Waals surface area contributed by atoms with Crippen LogP contribution in [0.4, 0.5) is 5.69 Å². The molecule has 2 heterocycles. The van der Waals surface area contributed by atoms with Gasteiger partial charge in [-0.1, -0.05) is 25.1 Å². The lowest BCUT2D eigenvalue weighted by atomic mass is 9.81. The van der Waals surface area contributed by atoms with Crippen molar-refractivity contribution in [3.63, 3.8) is 0 Å². The summed E-state index contributed by atoms with van der Waals surface area (Å²) in [6.45, 7) is 5.68. The first kappa shape index (κ1) is 12.4. The van der Waals surface area contributed by atoms with Crippen LogP contribution in [-0.4, -0.2) is 24.6 Å². The van der Waals surface area contributed by atoms with Crippen molar-refractivity contribution >= 4 is 16.6 Å². The third-order valence-corrected chi connectivity index (χ3v) is 4.17. The van der Waals surface area contributed by atoms with Crippen LogP contribution in [-0.2, 0) is 0 Å². The SMILES string of the molecule is CC1(CNc2ccnc3ccccc23)CCNCC1. The number of piperidine rings is 1. The van der Waals surface area contributed by atoms with Crippen LogP contribution >= 0.6 is 0 Å². The van der Waals surface area contributed by atoms with Gasteiger partial charge in [-0.25, -0.2) is 0 Å². The van der Waals surface area contributed by atoms with E-state index in [0.29, 0.717) is 5.41 Å². The number of hydrogen-bond acceptors (Lipinski definition) is 3. The molecule has 1 aliphatic heterocycles. The molecule has 0 unspecified atom stereocenters. The van der Waals surface area contributed by atoms with Gasteiger partial charge in [-0.05, 0) is 43.5 Å². The van der Waals surface area contributed by atoms with Crippen LogP contribution < -0.4 is 10.6 Å². The molecular weight excluding hydrogens is 234 g/mol. The molecule has 1 fully saturated rings. The van der Waals surface area contributed by atoms with Gasteiger partial charge in [0.05, 0.1) is 5.52 Å². The minimum Gasteiger partial charge on any atom is -0.384 e. The Morgan fingerprint density at radius 1 is 1.21 bits per heavy atom. The van der Waals surface area contributed by atoms with Gasteiger partial charge in [0.25, 0.3) is 0 Å². The highest BCUT2D eigenvalue weighted by atomic mass is 14.9. The normalized spacial score (nSPS) is 18.4. The Hall–Kier alpha value is -1.61. The standard InChI is InChI=1S/C16H21N3/c1-16(7-10-17-11-8-16)12-19-15-6-9-18-14-5-3-2-4-13(14)15/h2-6,9,17H,7-8,10-12H2,1H3,(H,18,19). The molecule has 3 heteroatoms. The summed E-state index contributed by atoms with van der Waals surface area (Å²) in [6.07, 6.45) is 4.36. The maximum atomic E-state index is 4.40. The Labute approximate surface area is 114 Å². The van der Waals surface area contributed by atoms with E-state index < -0.39 is 0 Å². The van der Waals surface area contributed by atoms with Gasteiger partial charge in [-0.2, -0.15) is 0 Å². The minimum absolute atomic E-state index is 0.398. The van der Waals surface area contributed by atoms with E-state index in [4.69, 9.17) is 0 Å². The fourth-order valence-electron chi connectivity index (χ4n) is 2.77. The molecule has 2 N–H and O–H groups in total. The molecule has 0 radical (unpaired) electrons. The maximum Gasteiger partial charge on any atom is 0.0722 e. The molecule has 2 aromatic rings. The Morgan fingerprint density at radius 2 is 2.00 bits per heavy atom. The number of rotatable bonds is 3. The highest BCUT2D eigenvalue weighted by molar-refractivity contribution is 5.90. The van der Waals surface area contributed by atoms with Crippen LogP contribution in [0.15, 0.2) is 36.5 Å². The Balaban J connectivity index is 1.78. The van der Waals surface area contributed by atoms with E-state index in [1.807, 2.05) is 12.3 Å². The molecule has 3 rings (SSSR count). The number of nitrogens with one attached hydrogen (secondary N) is 2. The predicted octanol–water partition coefficient (Wildman–Crippen LogP) is 3.04. The predicted molar refractivity (Wildman–Crippen MR) is 80.4 cm³/mol. The number of pyridine rings is 1. The van der Waals surface area contributed by atoms with E-state index in [9.17, 15) is 0 Å². The van der Waals surface area contributed by atoms with Gasteiger partial charge in [-0.15, -0.1) is 0 Å². The van der Waals surface area contributed by atoms with E-state index in [1.54, 1.807) is 0 Å². The van der Waals surface area contributed by atoms with E-state index in [0.717, 1.165) is 25.2 Å². The van der Waals surface area contributed by atoms with Gasteiger partial charge < -0.3 is 10.6 Å². The summed E-state index contributed by atoms with van der Waals surface area (Å²) in [5.41, 5.74) is 2.66. The van der Waals surface area contributed by atoms with Gasteiger partial charge in [0, 0.05) is 23.8 Å². The second kappa shape index (κ2) is 5.17. The van der Waals surface area contributed by atoms with Gasteiger partial charge in [0.2, 0.25) is 0 Å². The summed E-state index contributed by atoms with van der Waals surface area (Å²) >= 11 is 0. The molecule has 0 saturated carbocycles. The van der Waals surface area contributed by atoms with Crippen molar-refractivity contribution in [3.8, 4) is 0 Å². The van der Waals surface area contributed by atoms with Crippen LogP contribution in [0.1, 0.15) is 19.8 Å². The van der Waals surface area contributed by atoms with Gasteiger partial charge >= 0.3 is 0 Å². The summed E-state index contributed by atoms with van der Waals surface area (Å²) in [5, 5.41) is 8.27. The molecule has 0 spiro atoms. The summed E-state index contributed by atoms with van der Waals surface area (Å²) in [6, 6.07) is 10.4. The van der Waals surface area contributed by atoms with Crippen molar-refractivity contribution in [1.82, 2.24) is 10.3 Å². The number of anilines is 1. The molecule has 19 heavy (non-hydrogen) atoms. The Morgan fingerprint density at radius 3 is 2.84 bits per heavy atom. The highest BCUT2D eigenvalue weighted by Crippen LogP contribution is 2.29. The molecule has 1 aliphatic rings. The monoisotopic (exact) mass is 255 g/mol.